The van der Waals surface area contributed by atoms with E-state index < -0.39 is 0 Å². The average Bonchev–Trinajstić information content (AvgIpc) is 3.07. The minimum atomic E-state index is -0.175. The largest absolute Gasteiger partial charge is 0.497 e. The first-order valence-corrected chi connectivity index (χ1v) is 8.02. The highest BCUT2D eigenvalue weighted by Crippen LogP contribution is 2.24. The van der Waals surface area contributed by atoms with Crippen LogP contribution in [0.5, 0.6) is 11.5 Å². The summed E-state index contributed by atoms with van der Waals surface area (Å²) in [7, 11) is 3.10. The zero-order valence-corrected chi connectivity index (χ0v) is 14.2. The van der Waals surface area contributed by atoms with Gasteiger partial charge in [0.15, 0.2) is 5.65 Å². The molecule has 2 aromatic heterocycles. The molecule has 1 aromatic carbocycles. The van der Waals surface area contributed by atoms with Gasteiger partial charge in [0.1, 0.15) is 17.3 Å². The van der Waals surface area contributed by atoms with Gasteiger partial charge in [0.05, 0.1) is 19.8 Å². The molecule has 0 fully saturated rings. The van der Waals surface area contributed by atoms with Crippen LogP contribution in [0.4, 0.5) is 0 Å². The molecule has 1 N–H and O–H groups in total. The Bertz CT molecular complexity index is 876. The first kappa shape index (κ1) is 16.8. The average molecular weight is 340 g/mol. The summed E-state index contributed by atoms with van der Waals surface area (Å²) in [5.74, 6) is 1.84. The second kappa shape index (κ2) is 7.65. The van der Waals surface area contributed by atoms with E-state index in [4.69, 9.17) is 9.47 Å². The minimum absolute atomic E-state index is 0.175. The molecule has 0 radical (unpaired) electrons. The highest BCUT2D eigenvalue weighted by molar-refractivity contribution is 5.97. The first-order valence-electron chi connectivity index (χ1n) is 8.02. The fourth-order valence-electron chi connectivity index (χ4n) is 2.59. The minimum Gasteiger partial charge on any atom is -0.497 e. The number of nitrogens with zero attached hydrogens (tertiary/aromatic N) is 3. The molecule has 2 heterocycles. The van der Waals surface area contributed by atoms with Crippen molar-refractivity contribution in [2.75, 3.05) is 20.8 Å². The van der Waals surface area contributed by atoms with Crippen LogP contribution in [-0.4, -0.2) is 41.3 Å². The molecule has 7 nitrogen and oxygen atoms in total. The molecule has 0 spiro atoms. The van der Waals surface area contributed by atoms with Gasteiger partial charge in [0, 0.05) is 25.2 Å². The molecule has 25 heavy (non-hydrogen) atoms. The molecule has 0 unspecified atom stereocenters. The Balaban J connectivity index is 1.56. The Morgan fingerprint density at radius 2 is 2.04 bits per heavy atom. The lowest BCUT2D eigenvalue weighted by atomic mass is 10.1. The first-order chi connectivity index (χ1) is 12.2. The van der Waals surface area contributed by atoms with E-state index in [-0.39, 0.29) is 5.91 Å². The lowest BCUT2D eigenvalue weighted by molar-refractivity contribution is 0.0950. The topological polar surface area (TPSA) is 77.8 Å². The quantitative estimate of drug-likeness (QED) is 0.667. The lowest BCUT2D eigenvalue weighted by Crippen LogP contribution is -2.25. The second-order valence-corrected chi connectivity index (χ2v) is 5.47. The van der Waals surface area contributed by atoms with Gasteiger partial charge >= 0.3 is 0 Å². The molecule has 130 valence electrons. The molecule has 0 aliphatic rings. The highest BCUT2D eigenvalue weighted by Gasteiger charge is 2.13. The number of amides is 1. The van der Waals surface area contributed by atoms with Crippen LogP contribution in [0, 0.1) is 0 Å². The van der Waals surface area contributed by atoms with Crippen LogP contribution in [0.2, 0.25) is 0 Å². The number of aromatic nitrogens is 3. The van der Waals surface area contributed by atoms with Crippen LogP contribution in [-0.2, 0) is 6.42 Å². The summed E-state index contributed by atoms with van der Waals surface area (Å²) in [5.41, 5.74) is 1.31. The van der Waals surface area contributed by atoms with Gasteiger partial charge in [0.2, 0.25) is 0 Å². The van der Waals surface area contributed by atoms with Crippen molar-refractivity contribution in [3.63, 3.8) is 0 Å². The molecular weight excluding hydrogens is 320 g/mol. The van der Waals surface area contributed by atoms with Gasteiger partial charge < -0.3 is 14.8 Å². The summed E-state index contributed by atoms with van der Waals surface area (Å²) in [4.78, 5) is 12.3. The molecule has 3 rings (SSSR count). The summed E-state index contributed by atoms with van der Waals surface area (Å²) in [5, 5.41) is 11.2. The maximum absolute atomic E-state index is 12.3. The maximum atomic E-state index is 12.3. The number of aryl methyl sites for hydroxylation is 1. The number of hydrogen-bond acceptors (Lipinski definition) is 5. The van der Waals surface area contributed by atoms with Gasteiger partial charge in [-0.15, -0.1) is 10.2 Å². The summed E-state index contributed by atoms with van der Waals surface area (Å²) in [6, 6.07) is 10.9. The fourth-order valence-corrected chi connectivity index (χ4v) is 2.59. The Morgan fingerprint density at radius 3 is 2.84 bits per heavy atom. The van der Waals surface area contributed by atoms with Crippen molar-refractivity contribution in [3.05, 3.63) is 54.0 Å². The van der Waals surface area contributed by atoms with Crippen molar-refractivity contribution in [2.24, 2.45) is 0 Å². The highest BCUT2D eigenvalue weighted by atomic mass is 16.5. The number of rotatable bonds is 7. The van der Waals surface area contributed by atoms with E-state index in [2.05, 4.69) is 15.5 Å². The number of carbonyl (C=O) groups excluding carboxylic acids is 1. The van der Waals surface area contributed by atoms with Gasteiger partial charge in [-0.1, -0.05) is 6.07 Å². The van der Waals surface area contributed by atoms with Gasteiger partial charge in [-0.05, 0) is 30.7 Å². The van der Waals surface area contributed by atoms with Crippen LogP contribution >= 0.6 is 0 Å². The zero-order chi connectivity index (χ0) is 17.6. The Labute approximate surface area is 145 Å². The maximum Gasteiger partial charge on any atom is 0.255 e. The van der Waals surface area contributed by atoms with E-state index in [1.165, 1.54) is 7.11 Å². The van der Waals surface area contributed by atoms with Crippen LogP contribution in [0.25, 0.3) is 5.65 Å². The SMILES string of the molecule is COc1ccc(C(=O)NCCCc2nnc3ccccn23)c(OC)c1. The van der Waals surface area contributed by atoms with Crippen LogP contribution < -0.4 is 14.8 Å². The predicted molar refractivity (Wildman–Crippen MR) is 93.2 cm³/mol. The standard InChI is InChI=1S/C18H20N4O3/c1-24-13-8-9-14(15(12-13)25-2)18(23)19-10-5-7-17-21-20-16-6-3-4-11-22(16)17/h3-4,6,8-9,11-12H,5,7,10H2,1-2H3,(H,19,23). The van der Waals surface area contributed by atoms with Crippen molar-refractivity contribution < 1.29 is 14.3 Å². The number of ether oxygens (including phenoxy) is 2. The van der Waals surface area contributed by atoms with Gasteiger partial charge in [-0.3, -0.25) is 9.20 Å². The molecule has 3 aromatic rings. The lowest BCUT2D eigenvalue weighted by Gasteiger charge is -2.10. The van der Waals surface area contributed by atoms with E-state index in [9.17, 15) is 4.79 Å². The third-order valence-corrected chi connectivity index (χ3v) is 3.90. The summed E-state index contributed by atoms with van der Waals surface area (Å²) in [6.07, 6.45) is 3.43. The molecule has 0 saturated carbocycles. The molecule has 1 amide bonds. The Morgan fingerprint density at radius 1 is 1.16 bits per heavy atom. The van der Waals surface area contributed by atoms with Crippen molar-refractivity contribution in [3.8, 4) is 11.5 Å². The number of pyridine rings is 1. The number of fused-ring (bicyclic) bond motifs is 1. The van der Waals surface area contributed by atoms with E-state index >= 15 is 0 Å². The number of carbonyl (C=O) groups is 1. The number of benzene rings is 1. The van der Waals surface area contributed by atoms with Crippen molar-refractivity contribution in [1.29, 1.82) is 0 Å². The number of nitrogens with one attached hydrogen (secondary N) is 1. The van der Waals surface area contributed by atoms with Crippen molar-refractivity contribution in [1.82, 2.24) is 19.9 Å². The van der Waals surface area contributed by atoms with E-state index in [0.29, 0.717) is 23.6 Å². The van der Waals surface area contributed by atoms with E-state index in [0.717, 1.165) is 24.3 Å². The van der Waals surface area contributed by atoms with E-state index in [1.54, 1.807) is 25.3 Å². The predicted octanol–water partition coefficient (Wildman–Crippen LogP) is 2.11. The summed E-state index contributed by atoms with van der Waals surface area (Å²) >= 11 is 0. The summed E-state index contributed by atoms with van der Waals surface area (Å²) in [6.45, 7) is 0.537. The number of hydrogen-bond donors (Lipinski definition) is 1. The van der Waals surface area contributed by atoms with Crippen molar-refractivity contribution in [2.45, 2.75) is 12.8 Å². The molecule has 0 atom stereocenters. The Kier molecular flexibility index (Phi) is 5.13. The third-order valence-electron chi connectivity index (χ3n) is 3.90. The molecule has 0 aliphatic heterocycles. The van der Waals surface area contributed by atoms with E-state index in [1.807, 2.05) is 28.8 Å². The Hall–Kier alpha value is -3.09. The zero-order valence-electron chi connectivity index (χ0n) is 14.2. The molecular formula is C18H20N4O3. The van der Waals surface area contributed by atoms with Crippen molar-refractivity contribution >= 4 is 11.6 Å². The van der Waals surface area contributed by atoms with Gasteiger partial charge in [0.25, 0.3) is 5.91 Å². The molecule has 0 aliphatic carbocycles. The van der Waals surface area contributed by atoms with Gasteiger partial charge in [-0.25, -0.2) is 0 Å². The monoisotopic (exact) mass is 340 g/mol. The molecule has 7 heteroatoms. The van der Waals surface area contributed by atoms with Gasteiger partial charge in [-0.2, -0.15) is 0 Å². The second-order valence-electron chi connectivity index (χ2n) is 5.47. The number of methoxy groups -OCH3 is 2. The van der Waals surface area contributed by atoms with Crippen LogP contribution in [0.15, 0.2) is 42.6 Å². The molecule has 0 bridgehead atoms. The van der Waals surface area contributed by atoms with Crippen LogP contribution in [0.3, 0.4) is 0 Å². The molecule has 0 saturated heterocycles. The normalized spacial score (nSPS) is 10.6. The third kappa shape index (κ3) is 3.71. The summed E-state index contributed by atoms with van der Waals surface area (Å²) < 4.78 is 12.4. The van der Waals surface area contributed by atoms with Crippen LogP contribution in [0.1, 0.15) is 22.6 Å². The smallest absolute Gasteiger partial charge is 0.255 e. The fraction of sp³-hybridized carbons (Fsp3) is 0.278.